The highest BCUT2D eigenvalue weighted by atomic mass is 31.2. The second kappa shape index (κ2) is 77.6. The lowest BCUT2D eigenvalue weighted by Crippen LogP contribution is -2.30. The Labute approximate surface area is 642 Å². The Morgan fingerprint density at radius 3 is 0.802 bits per heavy atom. The van der Waals surface area contributed by atoms with E-state index in [4.69, 9.17) is 37.0 Å². The van der Waals surface area contributed by atoms with Gasteiger partial charge in [0.1, 0.15) is 19.3 Å². The van der Waals surface area contributed by atoms with Crippen molar-refractivity contribution >= 4 is 39.5 Å². The molecular formula is C87H142O17P2. The van der Waals surface area contributed by atoms with E-state index in [1.54, 1.807) is 0 Å². The molecule has 106 heavy (non-hydrogen) atoms. The van der Waals surface area contributed by atoms with E-state index >= 15 is 0 Å². The SMILES string of the molecule is CC/C=C\C/C=C\C/C=C\C/C=C\C/C=C\CCCCCC(=O)OCC(COP(=O)(O)OCC(O)COP(=O)(O)OCC(COC(=O)CCC/C=C\C/C=C\C/C=C\C/C=C\C/C=C\CC)OC(=O)CCCCCCCCCCCCCCC)OC(=O)CCCCCC/C=C\C/C=C\C/C=C\C/C=C\CC. The molecular weight excluding hydrogens is 1380 g/mol. The topological polar surface area (TPSA) is 237 Å². The van der Waals surface area contributed by atoms with Crippen LogP contribution in [0.15, 0.2) is 170 Å². The fourth-order valence-electron chi connectivity index (χ4n) is 10.2. The molecule has 0 aromatic rings. The molecule has 0 rings (SSSR count). The number of aliphatic hydroxyl groups excluding tert-OH is 1. The summed E-state index contributed by atoms with van der Waals surface area (Å²) < 4.78 is 68.6. The van der Waals surface area contributed by atoms with Gasteiger partial charge in [0.25, 0.3) is 0 Å². The monoisotopic (exact) mass is 1520 g/mol. The highest BCUT2D eigenvalue weighted by Gasteiger charge is 2.30. The van der Waals surface area contributed by atoms with Crippen LogP contribution in [0.1, 0.15) is 297 Å². The van der Waals surface area contributed by atoms with Crippen LogP contribution in [0.3, 0.4) is 0 Å². The molecule has 0 aromatic carbocycles. The zero-order valence-electron chi connectivity index (χ0n) is 65.8. The Kier molecular flexibility index (Phi) is 73.5. The van der Waals surface area contributed by atoms with Crippen LogP contribution in [0.2, 0.25) is 0 Å². The van der Waals surface area contributed by atoms with Crippen LogP contribution in [0.4, 0.5) is 0 Å². The summed E-state index contributed by atoms with van der Waals surface area (Å²) in [6, 6.07) is 0. The number of carbonyl (C=O) groups is 4. The summed E-state index contributed by atoms with van der Waals surface area (Å²) in [6.45, 7) is 4.40. The maximum Gasteiger partial charge on any atom is 0.472 e. The van der Waals surface area contributed by atoms with E-state index < -0.39 is 97.5 Å². The van der Waals surface area contributed by atoms with Gasteiger partial charge in [0.2, 0.25) is 0 Å². The molecule has 5 unspecified atom stereocenters. The van der Waals surface area contributed by atoms with Gasteiger partial charge in [-0.15, -0.1) is 0 Å². The minimum atomic E-state index is -5.00. The number of hydrogen-bond donors (Lipinski definition) is 3. The zero-order chi connectivity index (χ0) is 77.4. The molecule has 0 saturated heterocycles. The van der Waals surface area contributed by atoms with Crippen molar-refractivity contribution < 1.29 is 80.2 Å². The molecule has 0 aliphatic rings. The Morgan fingerprint density at radius 2 is 0.500 bits per heavy atom. The lowest BCUT2D eigenvalue weighted by atomic mass is 10.0. The summed E-state index contributed by atoms with van der Waals surface area (Å²) in [5, 5.41) is 10.6. The summed E-state index contributed by atoms with van der Waals surface area (Å²) in [6.07, 6.45) is 91.9. The number of esters is 4. The van der Waals surface area contributed by atoms with Crippen molar-refractivity contribution in [2.24, 2.45) is 0 Å². The van der Waals surface area contributed by atoms with Gasteiger partial charge in [-0.05, 0) is 148 Å². The van der Waals surface area contributed by atoms with Crippen molar-refractivity contribution in [1.82, 2.24) is 0 Å². The highest BCUT2D eigenvalue weighted by Crippen LogP contribution is 2.45. The number of phosphoric ester groups is 2. The van der Waals surface area contributed by atoms with E-state index in [2.05, 4.69) is 186 Å². The Hall–Kier alpha value is -5.58. The summed E-state index contributed by atoms with van der Waals surface area (Å²) >= 11 is 0. The van der Waals surface area contributed by atoms with E-state index in [1.807, 2.05) is 12.2 Å². The number of carbonyl (C=O) groups excluding carboxylic acids is 4. The second-order valence-electron chi connectivity index (χ2n) is 26.2. The molecule has 17 nitrogen and oxygen atoms in total. The molecule has 5 atom stereocenters. The van der Waals surface area contributed by atoms with Gasteiger partial charge in [0.15, 0.2) is 12.2 Å². The summed E-state index contributed by atoms with van der Waals surface area (Å²) in [5.41, 5.74) is 0. The molecule has 0 amide bonds. The second-order valence-corrected chi connectivity index (χ2v) is 29.1. The lowest BCUT2D eigenvalue weighted by molar-refractivity contribution is -0.161. The Morgan fingerprint density at radius 1 is 0.274 bits per heavy atom. The molecule has 602 valence electrons. The van der Waals surface area contributed by atoms with Crippen LogP contribution in [-0.4, -0.2) is 96.7 Å². The van der Waals surface area contributed by atoms with E-state index in [1.165, 1.54) is 51.4 Å². The first kappa shape index (κ1) is 100. The molecule has 0 aromatic heterocycles. The van der Waals surface area contributed by atoms with E-state index in [0.717, 1.165) is 161 Å². The van der Waals surface area contributed by atoms with Gasteiger partial charge in [0, 0.05) is 25.7 Å². The Balaban J connectivity index is 5.47. The number of phosphoric acid groups is 2. The first-order valence-electron chi connectivity index (χ1n) is 40.4. The van der Waals surface area contributed by atoms with Crippen molar-refractivity contribution in [2.75, 3.05) is 39.6 Å². The van der Waals surface area contributed by atoms with Gasteiger partial charge in [0.05, 0.1) is 26.4 Å². The van der Waals surface area contributed by atoms with Crippen molar-refractivity contribution in [1.29, 1.82) is 0 Å². The number of rotatable bonds is 74. The number of allylic oxidation sites excluding steroid dienone is 28. The number of unbranched alkanes of at least 4 members (excludes halogenated alkanes) is 20. The van der Waals surface area contributed by atoms with E-state index in [-0.39, 0.29) is 25.7 Å². The largest absolute Gasteiger partial charge is 0.472 e. The molecule has 3 N–H and O–H groups in total. The molecule has 19 heteroatoms. The smallest absolute Gasteiger partial charge is 0.462 e. The molecule has 0 heterocycles. The zero-order valence-corrected chi connectivity index (χ0v) is 67.6. The third kappa shape index (κ3) is 76.6. The van der Waals surface area contributed by atoms with Crippen molar-refractivity contribution in [3.63, 3.8) is 0 Å². The van der Waals surface area contributed by atoms with Crippen LogP contribution in [-0.2, 0) is 65.4 Å². The molecule has 0 saturated carbocycles. The Bertz CT molecular complexity index is 2680. The summed E-state index contributed by atoms with van der Waals surface area (Å²) in [5.74, 6) is -2.31. The van der Waals surface area contributed by atoms with Gasteiger partial charge in [-0.3, -0.25) is 37.3 Å². The van der Waals surface area contributed by atoms with E-state index in [9.17, 15) is 43.2 Å². The van der Waals surface area contributed by atoms with Gasteiger partial charge < -0.3 is 33.8 Å². The van der Waals surface area contributed by atoms with Crippen LogP contribution < -0.4 is 0 Å². The first-order valence-corrected chi connectivity index (χ1v) is 43.4. The molecule has 0 aliphatic carbocycles. The van der Waals surface area contributed by atoms with Gasteiger partial charge >= 0.3 is 39.5 Å². The molecule has 0 radical (unpaired) electrons. The fraction of sp³-hybridized carbons (Fsp3) is 0.632. The van der Waals surface area contributed by atoms with Crippen LogP contribution in [0, 0.1) is 0 Å². The summed E-state index contributed by atoms with van der Waals surface area (Å²) in [4.78, 5) is 73.1. The molecule has 0 aliphatic heterocycles. The highest BCUT2D eigenvalue weighted by molar-refractivity contribution is 7.47. The lowest BCUT2D eigenvalue weighted by Gasteiger charge is -2.21. The van der Waals surface area contributed by atoms with Crippen molar-refractivity contribution in [3.8, 4) is 0 Å². The number of ether oxygens (including phenoxy) is 4. The number of aliphatic hydroxyl groups is 1. The normalized spacial score (nSPS) is 14.7. The van der Waals surface area contributed by atoms with Crippen molar-refractivity contribution in [2.45, 2.75) is 316 Å². The minimum absolute atomic E-state index is 0.0521. The summed E-state index contributed by atoms with van der Waals surface area (Å²) in [7, 11) is -10.0. The van der Waals surface area contributed by atoms with Crippen LogP contribution in [0.5, 0.6) is 0 Å². The number of hydrogen-bond acceptors (Lipinski definition) is 15. The predicted octanol–water partition coefficient (Wildman–Crippen LogP) is 23.8. The van der Waals surface area contributed by atoms with Crippen LogP contribution >= 0.6 is 15.6 Å². The third-order valence-corrected chi connectivity index (χ3v) is 18.1. The van der Waals surface area contributed by atoms with E-state index in [0.29, 0.717) is 32.1 Å². The van der Waals surface area contributed by atoms with Gasteiger partial charge in [-0.1, -0.05) is 294 Å². The molecule has 0 fully saturated rings. The average molecular weight is 1520 g/mol. The molecule has 0 spiro atoms. The predicted molar refractivity (Wildman–Crippen MR) is 436 cm³/mol. The fourth-order valence-corrected chi connectivity index (χ4v) is 11.7. The first-order chi connectivity index (χ1) is 51.7. The van der Waals surface area contributed by atoms with Gasteiger partial charge in [-0.2, -0.15) is 0 Å². The quantitative estimate of drug-likeness (QED) is 0.0169. The van der Waals surface area contributed by atoms with Gasteiger partial charge in [-0.25, -0.2) is 9.13 Å². The van der Waals surface area contributed by atoms with Crippen LogP contribution in [0.25, 0.3) is 0 Å². The molecule has 0 bridgehead atoms. The average Bonchev–Trinajstić information content (AvgIpc) is 0.907. The minimum Gasteiger partial charge on any atom is -0.462 e. The maximum atomic E-state index is 13.1. The maximum absolute atomic E-state index is 13.1. The standard InChI is InChI=1S/C87H142O17P2/c1-5-9-13-17-21-25-29-33-36-39-40-43-45-49-52-56-60-64-68-72-85(90)98-78-83(104-87(92)74-70-66-62-58-54-50-46-42-38-35-31-27-23-19-15-11-7-3)80-102-106(95,96)100-76-81(88)75-99-105(93,94)101-79-82(103-86(91)73-69-65-61-57-53-47-32-28-24-20-16-12-8-4)77-97-84(89)71-67-63-59-55-51-48-44-41-37-34-30-26-22-18-14-10-6-2/h9-11,13-15,21-23,25-27,33-38,40,43-44,46,48-50,52,55,59,81-83,88H,5-8,12,16-20,24,28-32,39,41-42,45,47,51,53-54,56-58,60-80H2,1-4H3,(H,93,94)(H,95,96)/b13-9-,14-10-,15-11-,25-21-,26-22-,27-23-,36-33-,37-34-,38-35-,43-40-,48-44-,50-46-,52-49-,59-55-. The third-order valence-electron chi connectivity index (χ3n) is 16.2. The van der Waals surface area contributed by atoms with Crippen molar-refractivity contribution in [3.05, 3.63) is 170 Å².